The normalized spacial score (nSPS) is 12.9. The maximum atomic E-state index is 10.5. The Morgan fingerprint density at radius 1 is 1.50 bits per heavy atom. The van der Waals surface area contributed by atoms with E-state index in [-0.39, 0.29) is 0 Å². The summed E-state index contributed by atoms with van der Waals surface area (Å²) in [4.78, 5) is 0. The molecule has 1 N–H and O–H groups in total. The highest BCUT2D eigenvalue weighted by molar-refractivity contribution is 9.10. The van der Waals surface area contributed by atoms with Gasteiger partial charge in [-0.05, 0) is 42.3 Å². The molecule has 2 rings (SSSR count). The molecule has 0 aliphatic heterocycles. The minimum atomic E-state index is -0.717. The van der Waals surface area contributed by atoms with Crippen LogP contribution in [0, 0.1) is 13.8 Å². The molecule has 1 unspecified atom stereocenters. The summed E-state index contributed by atoms with van der Waals surface area (Å²) in [7, 11) is 0. The zero-order valence-electron chi connectivity index (χ0n) is 10.8. The van der Waals surface area contributed by atoms with Gasteiger partial charge in [0.2, 0.25) is 0 Å². The maximum absolute atomic E-state index is 10.5. The standard InChI is InChI=1S/C13H17BrN2O2/c1-4-5-16-12(11(14)7-15-16)13(17)10-6-8(2)18-9(10)3/h6-7,13,17H,4-5H2,1-3H3. The zero-order valence-corrected chi connectivity index (χ0v) is 12.4. The number of nitrogens with zero attached hydrogens (tertiary/aromatic N) is 2. The molecule has 0 aliphatic carbocycles. The first-order chi connectivity index (χ1) is 8.54. The molecule has 0 spiro atoms. The second-order valence-corrected chi connectivity index (χ2v) is 5.23. The predicted molar refractivity (Wildman–Crippen MR) is 72.5 cm³/mol. The van der Waals surface area contributed by atoms with Crippen molar-refractivity contribution < 1.29 is 9.52 Å². The molecule has 18 heavy (non-hydrogen) atoms. The van der Waals surface area contributed by atoms with Crippen molar-refractivity contribution in [3.63, 3.8) is 0 Å². The molecule has 4 nitrogen and oxygen atoms in total. The molecule has 1 atom stereocenters. The van der Waals surface area contributed by atoms with Crippen LogP contribution in [0.5, 0.6) is 0 Å². The van der Waals surface area contributed by atoms with Gasteiger partial charge in [0.15, 0.2) is 0 Å². The lowest BCUT2D eigenvalue weighted by atomic mass is 10.1. The van der Waals surface area contributed by atoms with Crippen molar-refractivity contribution in [2.24, 2.45) is 0 Å². The van der Waals surface area contributed by atoms with Crippen LogP contribution >= 0.6 is 15.9 Å². The van der Waals surface area contributed by atoms with Gasteiger partial charge in [-0.25, -0.2) is 0 Å². The van der Waals surface area contributed by atoms with Crippen molar-refractivity contribution >= 4 is 15.9 Å². The molecule has 2 aromatic rings. The topological polar surface area (TPSA) is 51.2 Å². The van der Waals surface area contributed by atoms with Gasteiger partial charge in [-0.15, -0.1) is 0 Å². The Morgan fingerprint density at radius 2 is 2.22 bits per heavy atom. The summed E-state index contributed by atoms with van der Waals surface area (Å²) in [5, 5.41) is 14.8. The first-order valence-electron chi connectivity index (χ1n) is 6.00. The van der Waals surface area contributed by atoms with Crippen LogP contribution in [-0.2, 0) is 6.54 Å². The van der Waals surface area contributed by atoms with E-state index in [1.165, 1.54) is 0 Å². The Morgan fingerprint density at radius 3 is 2.78 bits per heavy atom. The molecule has 98 valence electrons. The van der Waals surface area contributed by atoms with E-state index >= 15 is 0 Å². The second-order valence-electron chi connectivity index (χ2n) is 4.37. The van der Waals surface area contributed by atoms with Crippen molar-refractivity contribution in [1.29, 1.82) is 0 Å². The lowest BCUT2D eigenvalue weighted by Gasteiger charge is -2.13. The monoisotopic (exact) mass is 312 g/mol. The molecule has 0 fully saturated rings. The van der Waals surface area contributed by atoms with E-state index in [4.69, 9.17) is 4.42 Å². The van der Waals surface area contributed by atoms with Crippen molar-refractivity contribution in [3.8, 4) is 0 Å². The van der Waals surface area contributed by atoms with E-state index < -0.39 is 6.10 Å². The number of aliphatic hydroxyl groups excluding tert-OH is 1. The number of hydrogen-bond donors (Lipinski definition) is 1. The van der Waals surface area contributed by atoms with Crippen molar-refractivity contribution in [3.05, 3.63) is 39.5 Å². The van der Waals surface area contributed by atoms with E-state index in [9.17, 15) is 5.11 Å². The summed E-state index contributed by atoms with van der Waals surface area (Å²) < 4.78 is 8.12. The largest absolute Gasteiger partial charge is 0.466 e. The first-order valence-corrected chi connectivity index (χ1v) is 6.80. The average Bonchev–Trinajstić information content (AvgIpc) is 2.82. The molecule has 0 radical (unpaired) electrons. The number of aliphatic hydroxyl groups is 1. The fourth-order valence-corrected chi connectivity index (χ4v) is 2.62. The summed E-state index contributed by atoms with van der Waals surface area (Å²) in [5.74, 6) is 1.55. The Hall–Kier alpha value is -1.07. The molecule has 2 heterocycles. The van der Waals surface area contributed by atoms with E-state index in [1.807, 2.05) is 24.6 Å². The van der Waals surface area contributed by atoms with E-state index in [0.717, 1.165) is 40.2 Å². The van der Waals surface area contributed by atoms with E-state index in [0.29, 0.717) is 0 Å². The van der Waals surface area contributed by atoms with Crippen LogP contribution in [0.4, 0.5) is 0 Å². The summed E-state index contributed by atoms with van der Waals surface area (Å²) in [6, 6.07) is 1.87. The van der Waals surface area contributed by atoms with Crippen LogP contribution in [0.3, 0.4) is 0 Å². The molecule has 0 bridgehead atoms. The SMILES string of the molecule is CCCn1ncc(Br)c1C(O)c1cc(C)oc1C. The molecule has 0 saturated carbocycles. The number of aromatic nitrogens is 2. The third-order valence-corrected chi connectivity index (χ3v) is 3.51. The molecule has 0 aromatic carbocycles. The molecular formula is C13H17BrN2O2. The minimum absolute atomic E-state index is 0.717. The Kier molecular flexibility index (Phi) is 3.92. The average molecular weight is 313 g/mol. The van der Waals surface area contributed by atoms with Gasteiger partial charge in [-0.1, -0.05) is 6.92 Å². The fourth-order valence-electron chi connectivity index (χ4n) is 2.10. The number of rotatable bonds is 4. The number of aryl methyl sites for hydroxylation is 3. The Labute approximate surface area is 115 Å². The maximum Gasteiger partial charge on any atom is 0.125 e. The van der Waals surface area contributed by atoms with Crippen LogP contribution in [0.2, 0.25) is 0 Å². The Bertz CT molecular complexity index is 545. The van der Waals surface area contributed by atoms with E-state index in [2.05, 4.69) is 28.0 Å². The van der Waals surface area contributed by atoms with Crippen molar-refractivity contribution in [2.75, 3.05) is 0 Å². The van der Waals surface area contributed by atoms with Gasteiger partial charge in [-0.2, -0.15) is 5.10 Å². The number of halogens is 1. The summed E-state index contributed by atoms with van der Waals surface area (Å²) in [5.41, 5.74) is 1.58. The van der Waals surface area contributed by atoms with Gasteiger partial charge in [0.25, 0.3) is 0 Å². The van der Waals surface area contributed by atoms with Gasteiger partial charge >= 0.3 is 0 Å². The lowest BCUT2D eigenvalue weighted by molar-refractivity contribution is 0.204. The Balaban J connectivity index is 2.42. The van der Waals surface area contributed by atoms with Crippen molar-refractivity contribution in [2.45, 2.75) is 39.8 Å². The van der Waals surface area contributed by atoms with Gasteiger partial charge in [0.05, 0.1) is 16.4 Å². The predicted octanol–water partition coefficient (Wildman–Crippen LogP) is 3.35. The summed E-state index contributed by atoms with van der Waals surface area (Å²) in [6.45, 7) is 6.61. The fraction of sp³-hybridized carbons (Fsp3) is 0.462. The highest BCUT2D eigenvalue weighted by Gasteiger charge is 2.22. The first kappa shape index (κ1) is 13.4. The lowest BCUT2D eigenvalue weighted by Crippen LogP contribution is -2.10. The summed E-state index contributed by atoms with van der Waals surface area (Å²) in [6.07, 6.45) is 1.97. The van der Waals surface area contributed by atoms with Crippen molar-refractivity contribution in [1.82, 2.24) is 9.78 Å². The minimum Gasteiger partial charge on any atom is -0.466 e. The summed E-state index contributed by atoms with van der Waals surface area (Å²) >= 11 is 3.44. The third kappa shape index (κ3) is 2.37. The van der Waals surface area contributed by atoms with E-state index in [1.54, 1.807) is 6.20 Å². The van der Waals surface area contributed by atoms with Crippen LogP contribution in [0.1, 0.15) is 42.2 Å². The smallest absolute Gasteiger partial charge is 0.125 e. The molecular weight excluding hydrogens is 296 g/mol. The highest BCUT2D eigenvalue weighted by atomic mass is 79.9. The van der Waals surface area contributed by atoms with Crippen LogP contribution < -0.4 is 0 Å². The molecule has 0 amide bonds. The van der Waals surface area contributed by atoms with Gasteiger partial charge in [0.1, 0.15) is 17.6 Å². The third-order valence-electron chi connectivity index (χ3n) is 2.90. The molecule has 0 saturated heterocycles. The number of furan rings is 1. The second kappa shape index (κ2) is 5.28. The highest BCUT2D eigenvalue weighted by Crippen LogP contribution is 2.31. The quantitative estimate of drug-likeness (QED) is 0.942. The molecule has 0 aliphatic rings. The zero-order chi connectivity index (χ0) is 13.3. The van der Waals surface area contributed by atoms with Crippen LogP contribution in [0.25, 0.3) is 0 Å². The molecule has 5 heteroatoms. The van der Waals surface area contributed by atoms with Crippen LogP contribution in [0.15, 0.2) is 21.2 Å². The number of hydrogen-bond acceptors (Lipinski definition) is 3. The molecule has 2 aromatic heterocycles. The van der Waals surface area contributed by atoms with Gasteiger partial charge < -0.3 is 9.52 Å². The van der Waals surface area contributed by atoms with Crippen LogP contribution in [-0.4, -0.2) is 14.9 Å². The van der Waals surface area contributed by atoms with Gasteiger partial charge in [-0.3, -0.25) is 4.68 Å². The van der Waals surface area contributed by atoms with Gasteiger partial charge in [0, 0.05) is 12.1 Å².